The van der Waals surface area contributed by atoms with Gasteiger partial charge < -0.3 is 9.80 Å². The minimum absolute atomic E-state index is 0.157. The molecule has 85 heavy (non-hydrogen) atoms. The first-order chi connectivity index (χ1) is 41.1. The summed E-state index contributed by atoms with van der Waals surface area (Å²) < 4.78 is 0. The molecule has 0 saturated heterocycles. The Bertz CT molecular complexity index is 4450. The highest BCUT2D eigenvalue weighted by Gasteiger charge is 2.39. The molecule has 0 heterocycles. The van der Waals surface area contributed by atoms with Crippen molar-refractivity contribution in [3.8, 4) is 33.4 Å². The quantitative estimate of drug-likeness (QED) is 0.126. The normalized spacial score (nSPS) is 14.5. The number of hydrogen-bond donors (Lipinski definition) is 0. The molecule has 0 amide bonds. The molecule has 410 valence electrons. The molecule has 0 fully saturated rings. The molecule has 2 nitrogen and oxygen atoms in total. The van der Waals surface area contributed by atoms with Gasteiger partial charge in [-0.15, -0.1) is 0 Å². The Balaban J connectivity index is 0.666. The number of rotatable bonds is 10. The van der Waals surface area contributed by atoms with Crippen LogP contribution in [0, 0.1) is 13.8 Å². The summed E-state index contributed by atoms with van der Waals surface area (Å²) in [6.45, 7) is 18.6. The van der Waals surface area contributed by atoms with Crippen LogP contribution in [0.2, 0.25) is 0 Å². The Hall–Kier alpha value is -9.76. The van der Waals surface area contributed by atoms with Crippen LogP contribution in [0.3, 0.4) is 0 Å². The van der Waals surface area contributed by atoms with Crippen LogP contribution in [0.15, 0.2) is 243 Å². The minimum atomic E-state index is -0.189. The molecule has 0 radical (unpaired) electrons. The van der Waals surface area contributed by atoms with Gasteiger partial charge >= 0.3 is 0 Å². The van der Waals surface area contributed by atoms with Crippen LogP contribution in [0.5, 0.6) is 0 Å². The Morgan fingerprint density at radius 2 is 0.482 bits per heavy atom. The highest BCUT2D eigenvalue weighted by molar-refractivity contribution is 5.94. The molecule has 12 aromatic rings. The van der Waals surface area contributed by atoms with Crippen LogP contribution in [0.1, 0.15) is 108 Å². The van der Waals surface area contributed by atoms with Crippen LogP contribution in [0.4, 0.5) is 34.1 Å². The summed E-state index contributed by atoms with van der Waals surface area (Å²) in [5.41, 5.74) is 29.8. The summed E-state index contributed by atoms with van der Waals surface area (Å²) in [7, 11) is 0. The highest BCUT2D eigenvalue weighted by atomic mass is 15.1. The predicted molar refractivity (Wildman–Crippen MR) is 364 cm³/mol. The molecular formula is C83H68N2. The lowest BCUT2D eigenvalue weighted by Gasteiger charge is -2.28. The van der Waals surface area contributed by atoms with Gasteiger partial charge in [-0.1, -0.05) is 247 Å². The third-order valence-corrected chi connectivity index (χ3v) is 19.1. The summed E-state index contributed by atoms with van der Waals surface area (Å²) in [6.07, 6.45) is 9.19. The van der Waals surface area contributed by atoms with Crippen molar-refractivity contribution in [1.29, 1.82) is 0 Å². The Kier molecular flexibility index (Phi) is 12.1. The molecule has 3 aliphatic rings. The third-order valence-electron chi connectivity index (χ3n) is 19.1. The Morgan fingerprint density at radius 3 is 0.800 bits per heavy atom. The standard InChI is InChI=1S/C83H68N2/c1-53-17-31-63(32-18-53)84(65-35-29-59-13-9-11-15-61(59)49-65)67-37-43-73-71-41-27-57(47-77(71)82(5,6)79(73)51-67)23-21-55-25-39-69-70-40-26-56(46-76(70)81(3,4)75(69)45-55)22-24-58-28-42-72-74-44-38-68(52-80(74)83(7,8)78(72)48-58)85(64-33-19-54(2)20-34-64)66-36-30-60-14-10-12-16-62(60)50-66/h9-52H,1-8H3/b23-21+,24-22+. The first-order valence-electron chi connectivity index (χ1n) is 30.1. The van der Waals surface area contributed by atoms with Gasteiger partial charge in [-0.3, -0.25) is 0 Å². The Labute approximate surface area is 501 Å². The maximum absolute atomic E-state index is 2.43. The highest BCUT2D eigenvalue weighted by Crippen LogP contribution is 2.54. The van der Waals surface area contributed by atoms with E-state index in [2.05, 4.69) is 332 Å². The summed E-state index contributed by atoms with van der Waals surface area (Å²) in [5, 5.41) is 4.95. The number of anilines is 6. The number of aryl methyl sites for hydroxylation is 2. The van der Waals surface area contributed by atoms with E-state index in [4.69, 9.17) is 0 Å². The van der Waals surface area contributed by atoms with Crippen LogP contribution >= 0.6 is 0 Å². The van der Waals surface area contributed by atoms with Gasteiger partial charge in [-0.25, -0.2) is 0 Å². The van der Waals surface area contributed by atoms with E-state index in [1.807, 2.05) is 0 Å². The fourth-order valence-corrected chi connectivity index (χ4v) is 14.3. The van der Waals surface area contributed by atoms with Crippen molar-refractivity contribution in [1.82, 2.24) is 0 Å². The monoisotopic (exact) mass is 1090 g/mol. The van der Waals surface area contributed by atoms with Gasteiger partial charge in [-0.05, 0) is 197 Å². The molecule has 0 aliphatic heterocycles. The van der Waals surface area contributed by atoms with E-state index >= 15 is 0 Å². The zero-order valence-electron chi connectivity index (χ0n) is 49.8. The van der Waals surface area contributed by atoms with Crippen molar-refractivity contribution in [3.05, 3.63) is 309 Å². The molecule has 0 N–H and O–H groups in total. The van der Waals surface area contributed by atoms with Crippen molar-refractivity contribution in [3.63, 3.8) is 0 Å². The van der Waals surface area contributed by atoms with E-state index in [9.17, 15) is 0 Å². The maximum atomic E-state index is 2.43. The molecule has 3 aliphatic carbocycles. The fraction of sp³-hybridized carbons (Fsp3) is 0.133. The topological polar surface area (TPSA) is 6.48 Å². The second-order valence-corrected chi connectivity index (χ2v) is 25.6. The second kappa shape index (κ2) is 19.7. The van der Waals surface area contributed by atoms with Crippen LogP contribution in [0.25, 0.3) is 79.2 Å². The van der Waals surface area contributed by atoms with Crippen LogP contribution in [-0.4, -0.2) is 0 Å². The summed E-state index contributed by atoms with van der Waals surface area (Å²) >= 11 is 0. The summed E-state index contributed by atoms with van der Waals surface area (Å²) in [6, 6.07) is 91.0. The zero-order valence-corrected chi connectivity index (χ0v) is 49.8. The van der Waals surface area contributed by atoms with Gasteiger partial charge in [0.1, 0.15) is 0 Å². The van der Waals surface area contributed by atoms with Crippen LogP contribution < -0.4 is 9.80 Å². The van der Waals surface area contributed by atoms with Crippen molar-refractivity contribution in [2.24, 2.45) is 0 Å². The van der Waals surface area contributed by atoms with E-state index in [1.165, 1.54) is 122 Å². The molecule has 0 unspecified atom stereocenters. The van der Waals surface area contributed by atoms with Crippen molar-refractivity contribution < 1.29 is 0 Å². The number of benzene rings is 12. The lowest BCUT2D eigenvalue weighted by Crippen LogP contribution is -2.16. The van der Waals surface area contributed by atoms with Gasteiger partial charge in [0.2, 0.25) is 0 Å². The van der Waals surface area contributed by atoms with Crippen molar-refractivity contribution in [2.45, 2.75) is 71.6 Å². The largest absolute Gasteiger partial charge is 0.310 e. The van der Waals surface area contributed by atoms with Crippen molar-refractivity contribution in [2.75, 3.05) is 9.80 Å². The van der Waals surface area contributed by atoms with Crippen molar-refractivity contribution >= 4 is 80.0 Å². The summed E-state index contributed by atoms with van der Waals surface area (Å²) in [4.78, 5) is 4.81. The number of nitrogens with zero attached hydrogens (tertiary/aromatic N) is 2. The van der Waals surface area contributed by atoms with E-state index in [-0.39, 0.29) is 16.2 Å². The molecule has 12 aromatic carbocycles. The summed E-state index contributed by atoms with van der Waals surface area (Å²) in [5.74, 6) is 0. The molecular weight excluding hydrogens is 1020 g/mol. The minimum Gasteiger partial charge on any atom is -0.310 e. The Morgan fingerprint density at radius 1 is 0.235 bits per heavy atom. The third kappa shape index (κ3) is 8.77. The molecule has 2 heteroatoms. The average molecular weight is 1090 g/mol. The zero-order chi connectivity index (χ0) is 57.9. The van der Waals surface area contributed by atoms with Gasteiger partial charge in [0.15, 0.2) is 0 Å². The van der Waals surface area contributed by atoms with E-state index in [0.717, 1.165) is 34.1 Å². The van der Waals surface area contributed by atoms with Gasteiger partial charge in [0.25, 0.3) is 0 Å². The average Bonchev–Trinajstić information content (AvgIpc) is 1.96. The van der Waals surface area contributed by atoms with Gasteiger partial charge in [0, 0.05) is 50.4 Å². The van der Waals surface area contributed by atoms with E-state index in [1.54, 1.807) is 0 Å². The first kappa shape index (κ1) is 52.1. The first-order valence-corrected chi connectivity index (χ1v) is 30.1. The molecule has 15 rings (SSSR count). The molecule has 0 spiro atoms. The molecule has 0 saturated carbocycles. The molecule has 0 atom stereocenters. The second-order valence-electron chi connectivity index (χ2n) is 25.6. The number of hydrogen-bond acceptors (Lipinski definition) is 2. The van der Waals surface area contributed by atoms with Gasteiger partial charge in [-0.2, -0.15) is 0 Å². The van der Waals surface area contributed by atoms with E-state index in [0.29, 0.717) is 0 Å². The fourth-order valence-electron chi connectivity index (χ4n) is 14.3. The lowest BCUT2D eigenvalue weighted by molar-refractivity contribution is 0.660. The predicted octanol–water partition coefficient (Wildman–Crippen LogP) is 22.8. The maximum Gasteiger partial charge on any atom is 0.0468 e. The van der Waals surface area contributed by atoms with E-state index < -0.39 is 0 Å². The van der Waals surface area contributed by atoms with Gasteiger partial charge in [0.05, 0.1) is 0 Å². The smallest absolute Gasteiger partial charge is 0.0468 e. The molecule has 0 bridgehead atoms. The number of fused-ring (bicyclic) bond motifs is 11. The lowest BCUT2D eigenvalue weighted by atomic mass is 9.81. The SMILES string of the molecule is Cc1ccc(N(c2ccc3c(c2)C(C)(C)c2cc(/C=C/c4ccc5c(c4)C(C)(C)c4cc(/C=C/c6ccc7c(c6)C(C)(C)c6cc(N(c8ccc(C)cc8)c8ccc9ccccc9c8)ccc6-7)ccc4-5)ccc2-3)c2ccc3ccccc3c2)cc1. The van der Waals surface area contributed by atoms with Crippen LogP contribution in [-0.2, 0) is 16.2 Å². The molecule has 0 aromatic heterocycles.